The molecule has 1 amide bonds. The van der Waals surface area contributed by atoms with Crippen LogP contribution in [0.2, 0.25) is 0 Å². The van der Waals surface area contributed by atoms with E-state index in [2.05, 4.69) is 50.5 Å². The average Bonchev–Trinajstić information content (AvgIpc) is 3.20. The van der Waals surface area contributed by atoms with Crippen molar-refractivity contribution in [3.05, 3.63) is 54.1 Å². The highest BCUT2D eigenvalue weighted by atomic mass is 16.1. The lowest BCUT2D eigenvalue weighted by Crippen LogP contribution is -2.27. The van der Waals surface area contributed by atoms with Gasteiger partial charge in [0.1, 0.15) is 5.69 Å². The van der Waals surface area contributed by atoms with E-state index in [4.69, 9.17) is 0 Å². The molecule has 116 valence electrons. The van der Waals surface area contributed by atoms with Gasteiger partial charge in [0, 0.05) is 19.6 Å². The van der Waals surface area contributed by atoms with Crippen molar-refractivity contribution in [3.63, 3.8) is 0 Å². The number of hydrogen-bond acceptors (Lipinski definition) is 3. The van der Waals surface area contributed by atoms with Crippen LogP contribution in [0.15, 0.2) is 42.9 Å². The van der Waals surface area contributed by atoms with Gasteiger partial charge in [0.05, 0.1) is 12.5 Å². The number of nitrogens with zero attached hydrogens (tertiary/aromatic N) is 2. The van der Waals surface area contributed by atoms with E-state index in [-0.39, 0.29) is 5.91 Å². The van der Waals surface area contributed by atoms with Crippen LogP contribution in [-0.4, -0.2) is 40.4 Å². The number of H-pyrrole nitrogens is 1. The Bertz CT molecular complexity index is 582. The first kappa shape index (κ1) is 14.8. The molecule has 22 heavy (non-hydrogen) atoms. The van der Waals surface area contributed by atoms with Crippen molar-refractivity contribution in [1.82, 2.24) is 20.2 Å². The minimum absolute atomic E-state index is 0.0726. The third-order valence-electron chi connectivity index (χ3n) is 4.20. The average molecular weight is 298 g/mol. The summed E-state index contributed by atoms with van der Waals surface area (Å²) in [5.41, 5.74) is 1.90. The summed E-state index contributed by atoms with van der Waals surface area (Å²) >= 11 is 0. The van der Waals surface area contributed by atoms with Gasteiger partial charge in [-0.1, -0.05) is 30.3 Å². The molecule has 0 unspecified atom stereocenters. The van der Waals surface area contributed by atoms with Gasteiger partial charge in [-0.3, -0.25) is 9.69 Å². The fourth-order valence-corrected chi connectivity index (χ4v) is 3.00. The summed E-state index contributed by atoms with van der Waals surface area (Å²) in [4.78, 5) is 21.0. The lowest BCUT2D eigenvalue weighted by molar-refractivity contribution is 0.0947. The van der Waals surface area contributed by atoms with Crippen molar-refractivity contribution in [2.45, 2.75) is 19.4 Å². The molecule has 2 aromatic rings. The van der Waals surface area contributed by atoms with Gasteiger partial charge in [0.15, 0.2) is 0 Å². The molecule has 1 aromatic carbocycles. The maximum Gasteiger partial charge on any atom is 0.269 e. The number of benzene rings is 1. The molecular weight excluding hydrogens is 276 g/mol. The SMILES string of the molecule is O=C(NCC[C@@H]1CCN(Cc2ccccc2)C1)c1cnc[nH]1. The summed E-state index contributed by atoms with van der Waals surface area (Å²) in [5.74, 6) is 0.599. The van der Waals surface area contributed by atoms with E-state index in [0.717, 1.165) is 32.6 Å². The Hall–Kier alpha value is -2.14. The molecule has 1 aromatic heterocycles. The van der Waals surface area contributed by atoms with Crippen molar-refractivity contribution >= 4 is 5.91 Å². The molecule has 5 nitrogen and oxygen atoms in total. The molecule has 0 spiro atoms. The zero-order valence-electron chi connectivity index (χ0n) is 12.7. The predicted octanol–water partition coefficient (Wildman–Crippen LogP) is 2.05. The van der Waals surface area contributed by atoms with Crippen LogP contribution in [-0.2, 0) is 6.54 Å². The molecule has 5 heteroatoms. The van der Waals surface area contributed by atoms with Crippen LogP contribution >= 0.6 is 0 Å². The van der Waals surface area contributed by atoms with Crippen molar-refractivity contribution < 1.29 is 4.79 Å². The molecule has 0 saturated carbocycles. The standard InChI is InChI=1S/C17H22N4O/c22-17(16-10-18-13-20-16)19-8-6-15-7-9-21(12-15)11-14-4-2-1-3-5-14/h1-5,10,13,15H,6-9,11-12H2,(H,18,20)(H,19,22)/t15-/m1/s1. The molecule has 1 saturated heterocycles. The maximum absolute atomic E-state index is 11.8. The Labute approximate surface area is 130 Å². The number of likely N-dealkylation sites (tertiary alicyclic amines) is 1. The summed E-state index contributed by atoms with van der Waals surface area (Å²) < 4.78 is 0. The number of imidazole rings is 1. The first-order chi connectivity index (χ1) is 10.8. The van der Waals surface area contributed by atoms with E-state index in [0.29, 0.717) is 11.6 Å². The molecule has 0 radical (unpaired) electrons. The van der Waals surface area contributed by atoms with E-state index in [1.165, 1.54) is 18.3 Å². The van der Waals surface area contributed by atoms with Crippen molar-refractivity contribution in [2.75, 3.05) is 19.6 Å². The second-order valence-corrected chi connectivity index (χ2v) is 5.89. The zero-order chi connectivity index (χ0) is 15.2. The second-order valence-electron chi connectivity index (χ2n) is 5.89. The number of rotatable bonds is 6. The van der Waals surface area contributed by atoms with Crippen molar-refractivity contribution in [3.8, 4) is 0 Å². The molecule has 0 bridgehead atoms. The van der Waals surface area contributed by atoms with Gasteiger partial charge in [0.2, 0.25) is 0 Å². The highest BCUT2D eigenvalue weighted by molar-refractivity contribution is 5.91. The largest absolute Gasteiger partial charge is 0.351 e. The van der Waals surface area contributed by atoms with Gasteiger partial charge in [-0.05, 0) is 30.9 Å². The third kappa shape index (κ3) is 3.95. The van der Waals surface area contributed by atoms with Crippen LogP contribution in [0.3, 0.4) is 0 Å². The van der Waals surface area contributed by atoms with Crippen LogP contribution in [0, 0.1) is 5.92 Å². The Morgan fingerprint density at radius 1 is 1.36 bits per heavy atom. The second kappa shape index (κ2) is 7.22. The summed E-state index contributed by atoms with van der Waals surface area (Å²) in [5, 5.41) is 2.95. The lowest BCUT2D eigenvalue weighted by Gasteiger charge is -2.16. The molecule has 2 N–H and O–H groups in total. The molecule has 0 aliphatic carbocycles. The Morgan fingerprint density at radius 2 is 2.23 bits per heavy atom. The fraction of sp³-hybridized carbons (Fsp3) is 0.412. The smallest absolute Gasteiger partial charge is 0.269 e. The minimum atomic E-state index is -0.0726. The van der Waals surface area contributed by atoms with Crippen molar-refractivity contribution in [2.24, 2.45) is 5.92 Å². The number of nitrogens with one attached hydrogen (secondary N) is 2. The van der Waals surface area contributed by atoms with E-state index in [1.807, 2.05) is 0 Å². The number of carbonyl (C=O) groups is 1. The van der Waals surface area contributed by atoms with Crippen LogP contribution in [0.4, 0.5) is 0 Å². The van der Waals surface area contributed by atoms with Gasteiger partial charge in [-0.15, -0.1) is 0 Å². The minimum Gasteiger partial charge on any atom is -0.351 e. The van der Waals surface area contributed by atoms with Crippen LogP contribution < -0.4 is 5.32 Å². The molecule has 1 fully saturated rings. The van der Waals surface area contributed by atoms with E-state index in [9.17, 15) is 4.79 Å². The quantitative estimate of drug-likeness (QED) is 0.858. The van der Waals surface area contributed by atoms with Gasteiger partial charge in [0.25, 0.3) is 5.91 Å². The molecule has 1 aliphatic heterocycles. The molecule has 3 rings (SSSR count). The van der Waals surface area contributed by atoms with E-state index >= 15 is 0 Å². The maximum atomic E-state index is 11.8. The molecule has 2 heterocycles. The number of carbonyl (C=O) groups excluding carboxylic acids is 1. The molecule has 1 atom stereocenters. The Balaban J connectivity index is 1.37. The Kier molecular flexibility index (Phi) is 4.85. The molecular formula is C17H22N4O. The monoisotopic (exact) mass is 298 g/mol. The normalized spacial score (nSPS) is 18.5. The fourth-order valence-electron chi connectivity index (χ4n) is 3.00. The van der Waals surface area contributed by atoms with E-state index in [1.54, 1.807) is 6.20 Å². The summed E-state index contributed by atoms with van der Waals surface area (Å²) in [6.45, 7) is 4.02. The highest BCUT2D eigenvalue weighted by Gasteiger charge is 2.22. The predicted molar refractivity (Wildman–Crippen MR) is 85.4 cm³/mol. The summed E-state index contributed by atoms with van der Waals surface area (Å²) in [6, 6.07) is 10.6. The first-order valence-corrected chi connectivity index (χ1v) is 7.84. The Morgan fingerprint density at radius 3 is 3.00 bits per heavy atom. The number of aromatic nitrogens is 2. The number of aromatic amines is 1. The number of amides is 1. The summed E-state index contributed by atoms with van der Waals surface area (Å²) in [6.07, 6.45) is 5.32. The topological polar surface area (TPSA) is 61.0 Å². The van der Waals surface area contributed by atoms with Crippen LogP contribution in [0.5, 0.6) is 0 Å². The number of hydrogen-bond donors (Lipinski definition) is 2. The van der Waals surface area contributed by atoms with Gasteiger partial charge >= 0.3 is 0 Å². The lowest BCUT2D eigenvalue weighted by atomic mass is 10.1. The van der Waals surface area contributed by atoms with Gasteiger partial charge in [-0.2, -0.15) is 0 Å². The summed E-state index contributed by atoms with van der Waals surface area (Å²) in [7, 11) is 0. The van der Waals surface area contributed by atoms with E-state index < -0.39 is 0 Å². The van der Waals surface area contributed by atoms with Crippen LogP contribution in [0.1, 0.15) is 28.9 Å². The third-order valence-corrected chi connectivity index (χ3v) is 4.20. The van der Waals surface area contributed by atoms with Gasteiger partial charge < -0.3 is 10.3 Å². The zero-order valence-corrected chi connectivity index (χ0v) is 12.7. The van der Waals surface area contributed by atoms with Crippen molar-refractivity contribution in [1.29, 1.82) is 0 Å². The van der Waals surface area contributed by atoms with Gasteiger partial charge in [-0.25, -0.2) is 4.98 Å². The van der Waals surface area contributed by atoms with Crippen LogP contribution in [0.25, 0.3) is 0 Å². The first-order valence-electron chi connectivity index (χ1n) is 7.84. The molecule has 1 aliphatic rings. The highest BCUT2D eigenvalue weighted by Crippen LogP contribution is 2.21.